The lowest BCUT2D eigenvalue weighted by molar-refractivity contribution is 0.0687. The van der Waals surface area contributed by atoms with Gasteiger partial charge < -0.3 is 5.11 Å². The van der Waals surface area contributed by atoms with Gasteiger partial charge in [-0.05, 0) is 24.3 Å². The Morgan fingerprint density at radius 3 is 2.40 bits per heavy atom. The molecule has 0 aliphatic heterocycles. The van der Waals surface area contributed by atoms with E-state index in [-0.39, 0.29) is 5.69 Å². The Kier molecular flexibility index (Phi) is 3.01. The summed E-state index contributed by atoms with van der Waals surface area (Å²) in [4.78, 5) is 15.5. The SMILES string of the molecule is O=C(O)c1cc(-c2ccccn2)nn1-c1ccccc1. The smallest absolute Gasteiger partial charge is 0.354 e. The highest BCUT2D eigenvalue weighted by Crippen LogP contribution is 2.19. The molecule has 0 aliphatic rings. The number of carbonyl (C=O) groups is 1. The van der Waals surface area contributed by atoms with Gasteiger partial charge in [0.1, 0.15) is 5.69 Å². The van der Waals surface area contributed by atoms with E-state index in [1.54, 1.807) is 18.3 Å². The van der Waals surface area contributed by atoms with E-state index in [0.717, 1.165) is 0 Å². The molecule has 0 fully saturated rings. The average molecular weight is 265 g/mol. The number of pyridine rings is 1. The van der Waals surface area contributed by atoms with Gasteiger partial charge in [0, 0.05) is 12.3 Å². The second-order valence-electron chi connectivity index (χ2n) is 4.18. The minimum Gasteiger partial charge on any atom is -0.477 e. The lowest BCUT2D eigenvalue weighted by Crippen LogP contribution is -2.07. The van der Waals surface area contributed by atoms with E-state index in [1.165, 1.54) is 10.7 Å². The van der Waals surface area contributed by atoms with Crippen molar-refractivity contribution in [1.29, 1.82) is 0 Å². The zero-order chi connectivity index (χ0) is 13.9. The highest BCUT2D eigenvalue weighted by molar-refractivity contribution is 5.87. The molecule has 0 aliphatic carbocycles. The van der Waals surface area contributed by atoms with Crippen LogP contribution in [0.5, 0.6) is 0 Å². The molecule has 20 heavy (non-hydrogen) atoms. The fraction of sp³-hybridized carbons (Fsp3) is 0. The van der Waals surface area contributed by atoms with Crippen molar-refractivity contribution in [3.05, 3.63) is 66.5 Å². The molecule has 0 atom stereocenters. The molecule has 2 aromatic heterocycles. The maximum absolute atomic E-state index is 11.4. The van der Waals surface area contributed by atoms with Crippen LogP contribution in [0.4, 0.5) is 0 Å². The summed E-state index contributed by atoms with van der Waals surface area (Å²) in [5.74, 6) is -1.02. The van der Waals surface area contributed by atoms with Crippen molar-refractivity contribution < 1.29 is 9.90 Å². The van der Waals surface area contributed by atoms with Gasteiger partial charge in [0.2, 0.25) is 0 Å². The van der Waals surface area contributed by atoms with Gasteiger partial charge >= 0.3 is 5.97 Å². The van der Waals surface area contributed by atoms with Crippen LogP contribution < -0.4 is 0 Å². The molecule has 98 valence electrons. The van der Waals surface area contributed by atoms with Gasteiger partial charge in [0.05, 0.1) is 11.4 Å². The highest BCUT2D eigenvalue weighted by atomic mass is 16.4. The molecule has 1 aromatic carbocycles. The minimum atomic E-state index is -1.02. The maximum atomic E-state index is 11.4. The fourth-order valence-corrected chi connectivity index (χ4v) is 1.94. The molecule has 0 radical (unpaired) electrons. The van der Waals surface area contributed by atoms with Gasteiger partial charge in [0.25, 0.3) is 0 Å². The zero-order valence-electron chi connectivity index (χ0n) is 10.5. The van der Waals surface area contributed by atoms with Gasteiger partial charge in [0.15, 0.2) is 5.69 Å². The summed E-state index contributed by atoms with van der Waals surface area (Å²) in [5.41, 5.74) is 1.99. The first kappa shape index (κ1) is 12.1. The number of nitrogens with zero attached hydrogens (tertiary/aromatic N) is 3. The van der Waals surface area contributed by atoms with Crippen molar-refractivity contribution in [1.82, 2.24) is 14.8 Å². The number of aromatic carboxylic acids is 1. The normalized spacial score (nSPS) is 10.4. The fourth-order valence-electron chi connectivity index (χ4n) is 1.94. The van der Waals surface area contributed by atoms with Gasteiger partial charge in [-0.25, -0.2) is 9.48 Å². The van der Waals surface area contributed by atoms with Crippen LogP contribution in [0.3, 0.4) is 0 Å². The summed E-state index contributed by atoms with van der Waals surface area (Å²) in [5, 5.41) is 13.7. The summed E-state index contributed by atoms with van der Waals surface area (Å²) in [6, 6.07) is 16.1. The van der Waals surface area contributed by atoms with Gasteiger partial charge in [-0.2, -0.15) is 5.10 Å². The van der Waals surface area contributed by atoms with Crippen LogP contribution in [0.1, 0.15) is 10.5 Å². The van der Waals surface area contributed by atoms with Gasteiger partial charge in [-0.1, -0.05) is 24.3 Å². The van der Waals surface area contributed by atoms with Crippen LogP contribution in [0.15, 0.2) is 60.8 Å². The van der Waals surface area contributed by atoms with Crippen molar-refractivity contribution in [2.45, 2.75) is 0 Å². The number of carboxylic acids is 1. The first-order valence-electron chi connectivity index (χ1n) is 6.06. The summed E-state index contributed by atoms with van der Waals surface area (Å²) in [6.07, 6.45) is 1.65. The molecule has 0 amide bonds. The summed E-state index contributed by atoms with van der Waals surface area (Å²) in [7, 11) is 0. The van der Waals surface area contributed by atoms with Crippen LogP contribution in [0, 0.1) is 0 Å². The van der Waals surface area contributed by atoms with Gasteiger partial charge in [-0.15, -0.1) is 0 Å². The van der Waals surface area contributed by atoms with E-state index in [9.17, 15) is 9.90 Å². The van der Waals surface area contributed by atoms with Crippen molar-refractivity contribution >= 4 is 5.97 Å². The molecule has 0 bridgehead atoms. The number of para-hydroxylation sites is 1. The van der Waals surface area contributed by atoms with E-state index >= 15 is 0 Å². The molecule has 0 saturated carbocycles. The largest absolute Gasteiger partial charge is 0.477 e. The van der Waals surface area contributed by atoms with E-state index in [0.29, 0.717) is 17.1 Å². The number of rotatable bonds is 3. The number of benzene rings is 1. The molecule has 5 nitrogen and oxygen atoms in total. The lowest BCUT2D eigenvalue weighted by atomic mass is 10.2. The molecule has 0 saturated heterocycles. The standard InChI is InChI=1S/C15H11N3O2/c19-15(20)14-10-13(12-8-4-5-9-16-12)17-18(14)11-6-2-1-3-7-11/h1-10H,(H,19,20). The van der Waals surface area contributed by atoms with Crippen LogP contribution in [-0.4, -0.2) is 25.8 Å². The van der Waals surface area contributed by atoms with E-state index < -0.39 is 5.97 Å². The van der Waals surface area contributed by atoms with Crippen LogP contribution in [0.25, 0.3) is 17.1 Å². The molecule has 3 aromatic rings. The molecule has 2 heterocycles. The van der Waals surface area contributed by atoms with E-state index in [1.807, 2.05) is 36.4 Å². The first-order valence-corrected chi connectivity index (χ1v) is 6.06. The van der Waals surface area contributed by atoms with Crippen molar-refractivity contribution in [2.75, 3.05) is 0 Å². The van der Waals surface area contributed by atoms with Crippen LogP contribution in [-0.2, 0) is 0 Å². The first-order chi connectivity index (χ1) is 9.75. The quantitative estimate of drug-likeness (QED) is 0.790. The topological polar surface area (TPSA) is 68.0 Å². The summed E-state index contributed by atoms with van der Waals surface area (Å²) >= 11 is 0. The van der Waals surface area contributed by atoms with Gasteiger partial charge in [-0.3, -0.25) is 4.98 Å². The number of aromatic nitrogens is 3. The second-order valence-corrected chi connectivity index (χ2v) is 4.18. The third kappa shape index (κ3) is 2.16. The third-order valence-electron chi connectivity index (χ3n) is 2.86. The number of hydrogen-bond acceptors (Lipinski definition) is 3. The highest BCUT2D eigenvalue weighted by Gasteiger charge is 2.16. The molecular weight excluding hydrogens is 254 g/mol. The molecule has 3 rings (SSSR count). The van der Waals surface area contributed by atoms with E-state index in [2.05, 4.69) is 10.1 Å². The predicted molar refractivity (Wildman–Crippen MR) is 73.8 cm³/mol. The third-order valence-corrected chi connectivity index (χ3v) is 2.86. The Hall–Kier alpha value is -2.95. The predicted octanol–water partition coefficient (Wildman–Crippen LogP) is 2.63. The zero-order valence-corrected chi connectivity index (χ0v) is 10.5. The number of hydrogen-bond donors (Lipinski definition) is 1. The van der Waals surface area contributed by atoms with Crippen LogP contribution >= 0.6 is 0 Å². The van der Waals surface area contributed by atoms with Crippen LogP contribution in [0.2, 0.25) is 0 Å². The molecule has 1 N–H and O–H groups in total. The Balaban J connectivity index is 2.15. The Bertz CT molecular complexity index is 736. The Morgan fingerprint density at radius 1 is 1.00 bits per heavy atom. The Morgan fingerprint density at radius 2 is 1.75 bits per heavy atom. The molecule has 5 heteroatoms. The average Bonchev–Trinajstić information content (AvgIpc) is 2.94. The maximum Gasteiger partial charge on any atom is 0.354 e. The lowest BCUT2D eigenvalue weighted by Gasteiger charge is -2.03. The van der Waals surface area contributed by atoms with Crippen molar-refractivity contribution in [3.8, 4) is 17.1 Å². The van der Waals surface area contributed by atoms with E-state index in [4.69, 9.17) is 0 Å². The second kappa shape index (κ2) is 4.97. The summed E-state index contributed by atoms with van der Waals surface area (Å²) in [6.45, 7) is 0. The molecular formula is C15H11N3O2. The number of carboxylic acid groups (broad SMARTS) is 1. The minimum absolute atomic E-state index is 0.108. The molecule has 0 unspecified atom stereocenters. The monoisotopic (exact) mass is 265 g/mol. The van der Waals surface area contributed by atoms with Crippen molar-refractivity contribution in [3.63, 3.8) is 0 Å². The summed E-state index contributed by atoms with van der Waals surface area (Å²) < 4.78 is 1.41. The van der Waals surface area contributed by atoms with Crippen molar-refractivity contribution in [2.24, 2.45) is 0 Å². The Labute approximate surface area is 115 Å². The molecule has 0 spiro atoms.